The lowest BCUT2D eigenvalue weighted by Gasteiger charge is -2.07. The van der Waals surface area contributed by atoms with Gasteiger partial charge in [-0.3, -0.25) is 9.36 Å². The van der Waals surface area contributed by atoms with Gasteiger partial charge in [0, 0.05) is 25.9 Å². The first-order valence-corrected chi connectivity index (χ1v) is 7.41. The molecule has 3 aromatic rings. The number of nitrogens with one attached hydrogen (secondary N) is 1. The Labute approximate surface area is 132 Å². The molecular weight excluding hydrogens is 298 g/mol. The van der Waals surface area contributed by atoms with Crippen LogP contribution < -0.4 is 5.56 Å². The second-order valence-corrected chi connectivity index (χ2v) is 5.51. The molecule has 0 atom stereocenters. The highest BCUT2D eigenvalue weighted by atomic mass is 32.1. The van der Waals surface area contributed by atoms with Crippen LogP contribution in [-0.2, 0) is 18.3 Å². The van der Waals surface area contributed by atoms with Crippen LogP contribution in [0.2, 0.25) is 0 Å². The SMILES string of the molecule is COCCn1c(=S)[nH]c2c(-c3ccccc3)cn(C)c2c1=O. The molecule has 2 aromatic heterocycles. The Hall–Kier alpha value is -2.18. The van der Waals surface area contributed by atoms with Crippen LogP contribution in [0, 0.1) is 4.77 Å². The number of aryl methyl sites for hydroxylation is 1. The Kier molecular flexibility index (Phi) is 3.96. The fourth-order valence-electron chi connectivity index (χ4n) is 2.63. The van der Waals surface area contributed by atoms with Gasteiger partial charge in [-0.15, -0.1) is 0 Å². The Balaban J connectivity index is 2.28. The minimum atomic E-state index is -0.0968. The number of benzene rings is 1. The number of nitrogens with zero attached hydrogens (tertiary/aromatic N) is 2. The van der Waals surface area contributed by atoms with Crippen LogP contribution in [0.25, 0.3) is 22.2 Å². The molecule has 0 aliphatic carbocycles. The molecule has 0 radical (unpaired) electrons. The van der Waals surface area contributed by atoms with E-state index in [0.717, 1.165) is 16.6 Å². The Bertz CT molecular complexity index is 922. The van der Waals surface area contributed by atoms with E-state index in [1.54, 1.807) is 7.11 Å². The number of fused-ring (bicyclic) bond motifs is 1. The second kappa shape index (κ2) is 5.90. The quantitative estimate of drug-likeness (QED) is 0.753. The van der Waals surface area contributed by atoms with Crippen LogP contribution in [-0.4, -0.2) is 27.8 Å². The van der Waals surface area contributed by atoms with Gasteiger partial charge in [0.05, 0.1) is 18.7 Å². The van der Waals surface area contributed by atoms with Crippen molar-refractivity contribution in [1.29, 1.82) is 0 Å². The van der Waals surface area contributed by atoms with Gasteiger partial charge in [-0.05, 0) is 17.8 Å². The molecule has 114 valence electrons. The van der Waals surface area contributed by atoms with Gasteiger partial charge in [-0.2, -0.15) is 0 Å². The van der Waals surface area contributed by atoms with Crippen LogP contribution >= 0.6 is 12.2 Å². The molecule has 0 fully saturated rings. The predicted octanol–water partition coefficient (Wildman–Crippen LogP) is 2.71. The van der Waals surface area contributed by atoms with Crippen LogP contribution in [0.4, 0.5) is 0 Å². The normalized spacial score (nSPS) is 11.2. The fraction of sp³-hybridized carbons (Fsp3) is 0.250. The molecule has 22 heavy (non-hydrogen) atoms. The molecule has 2 heterocycles. The third kappa shape index (κ3) is 2.40. The maximum atomic E-state index is 12.7. The highest BCUT2D eigenvalue weighted by Gasteiger charge is 2.14. The summed E-state index contributed by atoms with van der Waals surface area (Å²) in [6.45, 7) is 0.880. The first-order chi connectivity index (χ1) is 10.6. The number of aromatic amines is 1. The molecule has 0 saturated heterocycles. The van der Waals surface area contributed by atoms with E-state index >= 15 is 0 Å². The third-order valence-corrected chi connectivity index (χ3v) is 4.03. The van der Waals surface area contributed by atoms with Gasteiger partial charge in [0.25, 0.3) is 5.56 Å². The van der Waals surface area contributed by atoms with E-state index < -0.39 is 0 Å². The second-order valence-electron chi connectivity index (χ2n) is 5.12. The molecular formula is C16H17N3O2S. The number of rotatable bonds is 4. The summed E-state index contributed by atoms with van der Waals surface area (Å²) in [6, 6.07) is 9.95. The van der Waals surface area contributed by atoms with Crippen LogP contribution in [0.3, 0.4) is 0 Å². The van der Waals surface area contributed by atoms with Gasteiger partial charge >= 0.3 is 0 Å². The molecule has 1 aromatic carbocycles. The molecule has 0 saturated carbocycles. The molecule has 0 amide bonds. The highest BCUT2D eigenvalue weighted by molar-refractivity contribution is 7.71. The standard InChI is InChI=1S/C16H17N3O2S/c1-18-10-12(11-6-4-3-5-7-11)13-14(18)15(20)19(8-9-21-2)16(22)17-13/h3-7,10H,8-9H2,1-2H3,(H,17,22). The van der Waals surface area contributed by atoms with E-state index in [1.165, 1.54) is 4.57 Å². The van der Waals surface area contributed by atoms with E-state index in [1.807, 2.05) is 48.1 Å². The maximum Gasteiger partial charge on any atom is 0.278 e. The molecule has 6 heteroatoms. The number of aromatic nitrogens is 3. The first kappa shape index (κ1) is 14.7. The summed E-state index contributed by atoms with van der Waals surface area (Å²) < 4.78 is 8.84. The summed E-state index contributed by atoms with van der Waals surface area (Å²) in [5, 5.41) is 0. The van der Waals surface area contributed by atoms with Gasteiger partial charge in [0.2, 0.25) is 0 Å². The number of hydrogen-bond acceptors (Lipinski definition) is 3. The van der Waals surface area contributed by atoms with Gasteiger partial charge in [0.15, 0.2) is 4.77 Å². The van der Waals surface area contributed by atoms with Gasteiger partial charge in [-0.1, -0.05) is 30.3 Å². The zero-order valence-electron chi connectivity index (χ0n) is 12.5. The summed E-state index contributed by atoms with van der Waals surface area (Å²) in [7, 11) is 3.47. The van der Waals surface area contributed by atoms with Crippen molar-refractivity contribution in [1.82, 2.24) is 14.1 Å². The van der Waals surface area contributed by atoms with Gasteiger partial charge < -0.3 is 14.3 Å². The predicted molar refractivity (Wildman–Crippen MR) is 89.7 cm³/mol. The van der Waals surface area contributed by atoms with E-state index in [4.69, 9.17) is 17.0 Å². The molecule has 5 nitrogen and oxygen atoms in total. The number of hydrogen-bond donors (Lipinski definition) is 1. The molecule has 1 N–H and O–H groups in total. The average molecular weight is 315 g/mol. The van der Waals surface area contributed by atoms with Crippen molar-refractivity contribution < 1.29 is 4.74 Å². The Morgan fingerprint density at radius 1 is 1.27 bits per heavy atom. The Morgan fingerprint density at radius 3 is 2.68 bits per heavy atom. The van der Waals surface area contributed by atoms with Crippen LogP contribution in [0.15, 0.2) is 41.3 Å². The lowest BCUT2D eigenvalue weighted by molar-refractivity contribution is 0.185. The smallest absolute Gasteiger partial charge is 0.278 e. The van der Waals surface area contributed by atoms with Crippen molar-refractivity contribution in [3.63, 3.8) is 0 Å². The van der Waals surface area contributed by atoms with E-state index in [2.05, 4.69) is 4.98 Å². The monoisotopic (exact) mass is 315 g/mol. The lowest BCUT2D eigenvalue weighted by atomic mass is 10.1. The van der Waals surface area contributed by atoms with Gasteiger partial charge in [-0.25, -0.2) is 0 Å². The zero-order valence-corrected chi connectivity index (χ0v) is 13.3. The van der Waals surface area contributed by atoms with E-state index in [0.29, 0.717) is 23.4 Å². The summed E-state index contributed by atoms with van der Waals surface area (Å²) in [6.07, 6.45) is 1.95. The summed E-state index contributed by atoms with van der Waals surface area (Å²) in [4.78, 5) is 15.9. The van der Waals surface area contributed by atoms with Crippen molar-refractivity contribution >= 4 is 23.3 Å². The highest BCUT2D eigenvalue weighted by Crippen LogP contribution is 2.26. The Morgan fingerprint density at radius 2 is 2.00 bits per heavy atom. The largest absolute Gasteiger partial charge is 0.383 e. The zero-order chi connectivity index (χ0) is 15.7. The molecule has 0 spiro atoms. The van der Waals surface area contributed by atoms with Crippen LogP contribution in [0.1, 0.15) is 0 Å². The summed E-state index contributed by atoms with van der Waals surface area (Å²) in [5.74, 6) is 0. The molecule has 0 bridgehead atoms. The minimum absolute atomic E-state index is 0.0968. The van der Waals surface area contributed by atoms with Crippen molar-refractivity contribution in [2.75, 3.05) is 13.7 Å². The molecule has 0 unspecified atom stereocenters. The van der Waals surface area contributed by atoms with Crippen molar-refractivity contribution in [2.24, 2.45) is 7.05 Å². The van der Waals surface area contributed by atoms with Crippen LogP contribution in [0.5, 0.6) is 0 Å². The lowest BCUT2D eigenvalue weighted by Crippen LogP contribution is -2.25. The topological polar surface area (TPSA) is 51.9 Å². The molecule has 0 aliphatic rings. The molecule has 3 rings (SSSR count). The van der Waals surface area contributed by atoms with Crippen molar-refractivity contribution in [3.8, 4) is 11.1 Å². The van der Waals surface area contributed by atoms with Gasteiger partial charge in [0.1, 0.15) is 5.52 Å². The van der Waals surface area contributed by atoms with E-state index in [9.17, 15) is 4.79 Å². The summed E-state index contributed by atoms with van der Waals surface area (Å²) in [5.41, 5.74) is 3.31. The van der Waals surface area contributed by atoms with Crippen molar-refractivity contribution in [2.45, 2.75) is 6.54 Å². The number of H-pyrrole nitrogens is 1. The first-order valence-electron chi connectivity index (χ1n) is 7.00. The van der Waals surface area contributed by atoms with E-state index in [-0.39, 0.29) is 5.56 Å². The number of methoxy groups -OCH3 is 1. The minimum Gasteiger partial charge on any atom is -0.383 e. The van der Waals surface area contributed by atoms with Crippen molar-refractivity contribution in [3.05, 3.63) is 51.7 Å². The third-order valence-electron chi connectivity index (χ3n) is 3.71. The number of ether oxygens (including phenoxy) is 1. The fourth-order valence-corrected chi connectivity index (χ4v) is 2.90. The molecule has 0 aliphatic heterocycles. The average Bonchev–Trinajstić information content (AvgIpc) is 2.85. The summed E-state index contributed by atoms with van der Waals surface area (Å²) >= 11 is 5.34. The maximum absolute atomic E-state index is 12.7.